The molecule has 504 valence electrons. The first-order chi connectivity index (χ1) is 50.6. The second-order valence-corrected chi connectivity index (χ2v) is 26.6. The Bertz CT molecular complexity index is 4790. The smallest absolute Gasteiger partial charge is 0.357 e. The number of aromatic nitrogens is 6. The van der Waals surface area contributed by atoms with Crippen LogP contribution < -0.4 is 0 Å². The van der Waals surface area contributed by atoms with Gasteiger partial charge in [0.2, 0.25) is 0 Å². The van der Waals surface area contributed by atoms with E-state index in [0.29, 0.717) is 23.2 Å². The van der Waals surface area contributed by atoms with Crippen LogP contribution in [0.4, 0.5) is 0 Å². The van der Waals surface area contributed by atoms with Crippen LogP contribution in [0.2, 0.25) is 0 Å². The van der Waals surface area contributed by atoms with Gasteiger partial charge in [0.25, 0.3) is 0 Å². The summed E-state index contributed by atoms with van der Waals surface area (Å²) in [5, 5.41) is 0. The molecular formula is C96H72Ir2N6. The van der Waals surface area contributed by atoms with E-state index in [-0.39, 0.29) is 58.0 Å². The third-order valence-corrected chi connectivity index (χ3v) is 20.5. The fourth-order valence-corrected chi connectivity index (χ4v) is 15.6. The van der Waals surface area contributed by atoms with E-state index in [9.17, 15) is 0 Å². The first-order valence-corrected chi connectivity index (χ1v) is 35.5. The molecular weight excluding hydrogens is 1620 g/mol. The van der Waals surface area contributed by atoms with Gasteiger partial charge in [0.1, 0.15) is 0 Å². The summed E-state index contributed by atoms with van der Waals surface area (Å²) >= 11 is 0. The Balaban J connectivity index is 0.000000183. The topological polar surface area (TPSA) is 77.3 Å². The van der Waals surface area contributed by atoms with Crippen molar-refractivity contribution in [2.75, 3.05) is 0 Å². The third-order valence-electron chi connectivity index (χ3n) is 20.5. The summed E-state index contributed by atoms with van der Waals surface area (Å²) in [6.07, 6.45) is 19.7. The Labute approximate surface area is 638 Å². The molecule has 0 saturated heterocycles. The summed E-state index contributed by atoms with van der Waals surface area (Å²) in [6.45, 7) is 0. The van der Waals surface area contributed by atoms with E-state index >= 15 is 0 Å². The number of rotatable bonds is 15. The molecule has 9 aromatic carbocycles. The number of benzene rings is 9. The Morgan fingerprint density at radius 3 is 0.817 bits per heavy atom. The van der Waals surface area contributed by atoms with E-state index in [1.807, 2.05) is 116 Å². The van der Waals surface area contributed by atoms with Crippen molar-refractivity contribution in [3.63, 3.8) is 0 Å². The van der Waals surface area contributed by atoms with E-state index in [4.69, 9.17) is 24.9 Å². The molecule has 0 bridgehead atoms. The summed E-state index contributed by atoms with van der Waals surface area (Å²) < 4.78 is 0. The quantitative estimate of drug-likeness (QED) is 0.0952. The first-order valence-electron chi connectivity index (χ1n) is 35.5. The maximum Gasteiger partial charge on any atom is 3.00 e. The summed E-state index contributed by atoms with van der Waals surface area (Å²) in [4.78, 5) is 28.7. The van der Waals surface area contributed by atoms with E-state index in [1.54, 1.807) is 6.20 Å². The molecule has 2 aliphatic carbocycles. The van der Waals surface area contributed by atoms with Gasteiger partial charge >= 0.3 is 40.2 Å². The standard InChI is InChI=1S/C56H40N4.C40H32N2.2Ir/c1-3-15-39(16-4-1)53-29-26-41(36-58-53)47-19-7-10-22-50(47)44-33-45(51-23-11-8-20-48(51)42-27-30-54(59-37-42)40-17-5-2-6-18-40)35-46(34-44)52-24-12-9-21-49(52)43-28-31-56(60-38-43)55-25-13-14-32-57-55;1-3-12-29(13-4-1)39-24-22-33(27-41-39)37-20-9-7-18-35(37)31-16-11-17-32(26-31)36-19-8-10-21-38(36)34-23-25-40(42-28-34)30-14-5-2-6-15-30;;/h1-15,17,19-24,26-30,32,36-38,44-46H,33-35H2;1-10,12,14,18-25,27-28,31-32H,11,16-17,26H2;;/q-4;-2;2*+3. The molecule has 2 saturated carbocycles. The van der Waals surface area contributed by atoms with Crippen LogP contribution in [0.3, 0.4) is 0 Å². The molecule has 6 nitrogen and oxygen atoms in total. The van der Waals surface area contributed by atoms with Crippen LogP contribution >= 0.6 is 0 Å². The predicted molar refractivity (Wildman–Crippen MR) is 412 cm³/mol. The number of pyridine rings is 6. The van der Waals surface area contributed by atoms with Gasteiger partial charge in [-0.1, -0.05) is 187 Å². The minimum absolute atomic E-state index is 0. The van der Waals surface area contributed by atoms with Crippen molar-refractivity contribution in [3.8, 4) is 112 Å². The molecule has 2 aliphatic rings. The van der Waals surface area contributed by atoms with Gasteiger partial charge in [0, 0.05) is 24.8 Å². The van der Waals surface area contributed by atoms with E-state index in [2.05, 4.69) is 242 Å². The Kier molecular flexibility index (Phi) is 22.6. The maximum atomic E-state index is 4.92. The van der Waals surface area contributed by atoms with E-state index < -0.39 is 0 Å². The van der Waals surface area contributed by atoms with Crippen LogP contribution in [0.5, 0.6) is 0 Å². The van der Waals surface area contributed by atoms with Crippen LogP contribution in [0.25, 0.3) is 112 Å². The zero-order chi connectivity index (χ0) is 68.2. The van der Waals surface area contributed by atoms with Crippen LogP contribution in [-0.2, 0) is 40.2 Å². The van der Waals surface area contributed by atoms with Crippen LogP contribution in [-0.4, -0.2) is 29.9 Å². The van der Waals surface area contributed by atoms with E-state index in [1.165, 1.54) is 86.0 Å². The molecule has 17 rings (SSSR count). The van der Waals surface area contributed by atoms with Gasteiger partial charge in [0.05, 0.1) is 0 Å². The van der Waals surface area contributed by atoms with Gasteiger partial charge in [0.15, 0.2) is 0 Å². The second kappa shape index (κ2) is 33.5. The van der Waals surface area contributed by atoms with Gasteiger partial charge in [-0.3, -0.25) is 0 Å². The molecule has 4 atom stereocenters. The molecule has 15 aromatic rings. The Morgan fingerprint density at radius 1 is 0.240 bits per heavy atom. The van der Waals surface area contributed by atoms with Gasteiger partial charge in [-0.05, 0) is 176 Å². The van der Waals surface area contributed by atoms with Crippen LogP contribution in [0, 0.1) is 36.4 Å². The largest absolute Gasteiger partial charge is 3.00 e. The van der Waals surface area contributed by atoms with Crippen molar-refractivity contribution < 1.29 is 40.2 Å². The molecule has 4 unspecified atom stereocenters. The molecule has 0 radical (unpaired) electrons. The zero-order valence-corrected chi connectivity index (χ0v) is 62.1. The van der Waals surface area contributed by atoms with Crippen molar-refractivity contribution >= 4 is 0 Å². The van der Waals surface area contributed by atoms with Crippen LogP contribution in [0.15, 0.2) is 322 Å². The summed E-state index contributed by atoms with van der Waals surface area (Å²) in [5.41, 5.74) is 28.0. The molecule has 104 heavy (non-hydrogen) atoms. The van der Waals surface area contributed by atoms with Gasteiger partial charge < -0.3 is 29.9 Å². The van der Waals surface area contributed by atoms with E-state index in [0.717, 1.165) is 87.4 Å². The number of nitrogens with zero attached hydrogens (tertiary/aromatic N) is 6. The van der Waals surface area contributed by atoms with Crippen molar-refractivity contribution in [2.24, 2.45) is 0 Å². The summed E-state index contributed by atoms with van der Waals surface area (Å²) in [5.74, 6) is 1.86. The fraction of sp³-hybridized carbons (Fsp3) is 0.125. The molecule has 6 aromatic heterocycles. The fourth-order valence-electron chi connectivity index (χ4n) is 15.6. The van der Waals surface area contributed by atoms with Gasteiger partial charge in [-0.25, -0.2) is 12.1 Å². The Morgan fingerprint density at radius 2 is 0.529 bits per heavy atom. The molecule has 2 fully saturated rings. The molecule has 0 amide bonds. The van der Waals surface area contributed by atoms with Crippen molar-refractivity contribution in [3.05, 3.63) is 387 Å². The molecule has 6 heterocycles. The predicted octanol–water partition coefficient (Wildman–Crippen LogP) is 23.5. The number of hydrogen-bond acceptors (Lipinski definition) is 6. The average molecular weight is 1690 g/mol. The minimum atomic E-state index is 0. The number of hydrogen-bond donors (Lipinski definition) is 0. The zero-order valence-electron chi connectivity index (χ0n) is 57.3. The summed E-state index contributed by atoms with van der Waals surface area (Å²) in [6, 6.07) is 120. The first kappa shape index (κ1) is 70.2. The monoisotopic (exact) mass is 1690 g/mol. The van der Waals surface area contributed by atoms with Crippen molar-refractivity contribution in [2.45, 2.75) is 74.5 Å². The Hall–Kier alpha value is -10.8. The van der Waals surface area contributed by atoms with Crippen LogP contribution in [0.1, 0.15) is 102 Å². The SMILES string of the molecule is [Ir+3].[Ir+3].[c-]1ccccc1-c1ccc(-c2ccccc2C2CC(c3ccccc3-c3c[c-]c(-c4[c-]cccn4)nc3)CC(c3ccccc3-c3ccc(-c4[c-]cccc4)nc3)C2)cn1.[c-]1ccccc1-c1ccc(-c2ccccc2C2CCCC(c3ccccc3-c3ccc(-c4[c-]cccc4)nc3)C2)cn1. The van der Waals surface area contributed by atoms with Crippen molar-refractivity contribution in [1.82, 2.24) is 29.9 Å². The maximum absolute atomic E-state index is 4.92. The molecule has 8 heteroatoms. The minimum Gasteiger partial charge on any atom is -0.357 e. The van der Waals surface area contributed by atoms with Gasteiger partial charge in [-0.15, -0.1) is 161 Å². The second-order valence-electron chi connectivity index (χ2n) is 26.6. The van der Waals surface area contributed by atoms with Gasteiger partial charge in [-0.2, -0.15) is 12.1 Å². The average Bonchev–Trinajstić information content (AvgIpc) is 0.787. The molecule has 0 aliphatic heterocycles. The normalized spacial score (nSPS) is 16.1. The summed E-state index contributed by atoms with van der Waals surface area (Å²) in [7, 11) is 0. The molecule has 0 spiro atoms. The molecule has 0 N–H and O–H groups in total. The van der Waals surface area contributed by atoms with Crippen molar-refractivity contribution in [1.29, 1.82) is 0 Å². The third kappa shape index (κ3) is 15.9.